The third-order valence-electron chi connectivity index (χ3n) is 1.42. The summed E-state index contributed by atoms with van der Waals surface area (Å²) in [6, 6.07) is 1.90. The Morgan fingerprint density at radius 1 is 1.73 bits per heavy atom. The Labute approximate surface area is 65.4 Å². The summed E-state index contributed by atoms with van der Waals surface area (Å²) in [4.78, 5) is 13.4. The molecule has 1 aromatic rings. The van der Waals surface area contributed by atoms with Crippen LogP contribution in [0.3, 0.4) is 0 Å². The molecule has 0 atom stereocenters. The smallest absolute Gasteiger partial charge is 0.309 e. The van der Waals surface area contributed by atoms with E-state index >= 15 is 0 Å². The number of carbonyl (C=O) groups is 1. The van der Waals surface area contributed by atoms with E-state index in [0.717, 1.165) is 12.0 Å². The first-order valence-corrected chi connectivity index (χ1v) is 3.58. The molecule has 1 aromatic heterocycles. The van der Waals surface area contributed by atoms with E-state index in [-0.39, 0.29) is 5.97 Å². The number of carbonyl (C=O) groups excluding carboxylic acids is 1. The maximum Gasteiger partial charge on any atom is 0.309 e. The first kappa shape index (κ1) is 7.85. The monoisotopic (exact) mass is 153 g/mol. The molecule has 3 nitrogen and oxygen atoms in total. The second kappa shape index (κ2) is 3.23. The van der Waals surface area contributed by atoms with Gasteiger partial charge in [-0.25, -0.2) is 0 Å². The Morgan fingerprint density at radius 2 is 2.45 bits per heavy atom. The van der Waals surface area contributed by atoms with Crippen LogP contribution in [0.1, 0.15) is 19.4 Å². The van der Waals surface area contributed by atoms with Crippen molar-refractivity contribution in [1.29, 1.82) is 0 Å². The highest BCUT2D eigenvalue weighted by molar-refractivity contribution is 5.69. The molecule has 0 aromatic carbocycles. The van der Waals surface area contributed by atoms with Crippen LogP contribution in [0.2, 0.25) is 0 Å². The summed E-state index contributed by atoms with van der Waals surface area (Å²) in [5.74, 6) is 0.280. The average Bonchev–Trinajstić information content (AvgIpc) is 2.34. The second-order valence-electron chi connectivity index (χ2n) is 2.28. The van der Waals surface area contributed by atoms with Crippen LogP contribution < -0.4 is 4.74 Å². The maximum absolute atomic E-state index is 10.5. The highest BCUT2D eigenvalue weighted by Crippen LogP contribution is 2.15. The quantitative estimate of drug-likeness (QED) is 0.654. The Hall–Kier alpha value is -1.25. The molecule has 3 heteroatoms. The number of hydrogen-bond acceptors (Lipinski definition) is 2. The minimum absolute atomic E-state index is 0.290. The Morgan fingerprint density at radius 3 is 3.00 bits per heavy atom. The molecule has 1 rings (SSSR count). The van der Waals surface area contributed by atoms with Crippen molar-refractivity contribution >= 4 is 5.97 Å². The molecular formula is C8H11NO2. The van der Waals surface area contributed by atoms with Crippen molar-refractivity contribution in [1.82, 2.24) is 4.98 Å². The molecular weight excluding hydrogens is 142 g/mol. The van der Waals surface area contributed by atoms with Gasteiger partial charge in [0.25, 0.3) is 0 Å². The van der Waals surface area contributed by atoms with Gasteiger partial charge in [0.15, 0.2) is 0 Å². The fraction of sp³-hybridized carbons (Fsp3) is 0.375. The van der Waals surface area contributed by atoms with Gasteiger partial charge in [-0.3, -0.25) is 4.79 Å². The van der Waals surface area contributed by atoms with Gasteiger partial charge < -0.3 is 9.72 Å². The number of ether oxygens (including phenoxy) is 1. The zero-order valence-electron chi connectivity index (χ0n) is 6.68. The molecule has 0 fully saturated rings. The van der Waals surface area contributed by atoms with Gasteiger partial charge in [-0.1, -0.05) is 6.92 Å². The summed E-state index contributed by atoms with van der Waals surface area (Å²) >= 11 is 0. The van der Waals surface area contributed by atoms with Gasteiger partial charge in [0.05, 0.1) is 0 Å². The minimum atomic E-state index is -0.290. The molecule has 0 aliphatic carbocycles. The fourth-order valence-electron chi connectivity index (χ4n) is 0.903. The van der Waals surface area contributed by atoms with Gasteiger partial charge in [0, 0.05) is 18.7 Å². The lowest BCUT2D eigenvalue weighted by atomic mass is 10.2. The van der Waals surface area contributed by atoms with E-state index < -0.39 is 0 Å². The van der Waals surface area contributed by atoms with Gasteiger partial charge in [0.1, 0.15) is 0 Å². The van der Waals surface area contributed by atoms with Gasteiger partial charge in [0.2, 0.25) is 5.88 Å². The number of H-pyrrole nitrogens is 1. The normalized spacial score (nSPS) is 9.64. The van der Waals surface area contributed by atoms with Crippen molar-refractivity contribution in [2.24, 2.45) is 0 Å². The van der Waals surface area contributed by atoms with E-state index in [4.69, 9.17) is 4.74 Å². The molecule has 1 heterocycles. The van der Waals surface area contributed by atoms with Crippen molar-refractivity contribution in [3.8, 4) is 5.88 Å². The summed E-state index contributed by atoms with van der Waals surface area (Å²) in [5.41, 5.74) is 1.03. The first-order valence-electron chi connectivity index (χ1n) is 3.58. The topological polar surface area (TPSA) is 42.1 Å². The predicted octanol–water partition coefficient (Wildman–Crippen LogP) is 1.50. The lowest BCUT2D eigenvalue weighted by Gasteiger charge is -1.99. The van der Waals surface area contributed by atoms with E-state index in [1.165, 1.54) is 6.92 Å². The van der Waals surface area contributed by atoms with Crippen molar-refractivity contribution in [2.75, 3.05) is 0 Å². The Balaban J connectivity index is 2.76. The summed E-state index contributed by atoms with van der Waals surface area (Å²) in [7, 11) is 0. The van der Waals surface area contributed by atoms with E-state index in [2.05, 4.69) is 4.98 Å². The molecule has 0 amide bonds. The number of aromatic nitrogens is 1. The summed E-state index contributed by atoms with van der Waals surface area (Å²) < 4.78 is 4.88. The van der Waals surface area contributed by atoms with Crippen molar-refractivity contribution < 1.29 is 9.53 Å². The highest BCUT2D eigenvalue weighted by atomic mass is 16.5. The van der Waals surface area contributed by atoms with Crippen LogP contribution in [0.15, 0.2) is 12.3 Å². The largest absolute Gasteiger partial charge is 0.409 e. The molecule has 0 spiro atoms. The third kappa shape index (κ3) is 1.83. The standard InChI is InChI=1S/C8H11NO2/c1-3-7-4-5-9-8(7)11-6(2)10/h4-5,9H,3H2,1-2H3. The van der Waals surface area contributed by atoms with E-state index in [0.29, 0.717) is 5.88 Å². The van der Waals surface area contributed by atoms with Gasteiger partial charge in [-0.15, -0.1) is 0 Å². The molecule has 0 aliphatic heterocycles. The molecule has 0 radical (unpaired) electrons. The fourth-order valence-corrected chi connectivity index (χ4v) is 0.903. The van der Waals surface area contributed by atoms with Crippen LogP contribution in [-0.4, -0.2) is 11.0 Å². The first-order chi connectivity index (χ1) is 5.24. The number of aryl methyl sites for hydroxylation is 1. The van der Waals surface area contributed by atoms with Gasteiger partial charge in [-0.2, -0.15) is 0 Å². The number of rotatable bonds is 2. The number of esters is 1. The molecule has 11 heavy (non-hydrogen) atoms. The molecule has 60 valence electrons. The van der Waals surface area contributed by atoms with E-state index in [9.17, 15) is 4.79 Å². The Kier molecular flexibility index (Phi) is 2.31. The predicted molar refractivity (Wildman–Crippen MR) is 41.5 cm³/mol. The van der Waals surface area contributed by atoms with Crippen LogP contribution in [0.5, 0.6) is 5.88 Å². The number of aromatic amines is 1. The average molecular weight is 153 g/mol. The summed E-state index contributed by atoms with van der Waals surface area (Å²) in [6.07, 6.45) is 2.63. The highest BCUT2D eigenvalue weighted by Gasteiger charge is 2.03. The number of hydrogen-bond donors (Lipinski definition) is 1. The van der Waals surface area contributed by atoms with Crippen molar-refractivity contribution in [2.45, 2.75) is 20.3 Å². The SMILES string of the molecule is CCc1cc[nH]c1OC(C)=O. The molecule has 0 saturated carbocycles. The molecule has 0 saturated heterocycles. The second-order valence-corrected chi connectivity index (χ2v) is 2.28. The zero-order chi connectivity index (χ0) is 8.27. The van der Waals surface area contributed by atoms with Crippen LogP contribution >= 0.6 is 0 Å². The van der Waals surface area contributed by atoms with Gasteiger partial charge in [-0.05, 0) is 12.5 Å². The van der Waals surface area contributed by atoms with Crippen LogP contribution in [0.25, 0.3) is 0 Å². The molecule has 0 aliphatic rings. The molecule has 0 unspecified atom stereocenters. The lowest BCUT2D eigenvalue weighted by Crippen LogP contribution is -2.02. The van der Waals surface area contributed by atoms with Crippen molar-refractivity contribution in [3.63, 3.8) is 0 Å². The zero-order valence-corrected chi connectivity index (χ0v) is 6.68. The lowest BCUT2D eigenvalue weighted by molar-refractivity contribution is -0.132. The van der Waals surface area contributed by atoms with E-state index in [1.54, 1.807) is 6.20 Å². The Bertz CT molecular complexity index is 252. The van der Waals surface area contributed by atoms with Crippen LogP contribution in [0.4, 0.5) is 0 Å². The van der Waals surface area contributed by atoms with Crippen LogP contribution in [-0.2, 0) is 11.2 Å². The number of nitrogens with one attached hydrogen (secondary N) is 1. The maximum atomic E-state index is 10.5. The summed E-state index contributed by atoms with van der Waals surface area (Å²) in [6.45, 7) is 3.40. The van der Waals surface area contributed by atoms with Crippen LogP contribution in [0, 0.1) is 0 Å². The summed E-state index contributed by atoms with van der Waals surface area (Å²) in [5, 5.41) is 0. The third-order valence-corrected chi connectivity index (χ3v) is 1.42. The molecule has 0 bridgehead atoms. The van der Waals surface area contributed by atoms with Gasteiger partial charge >= 0.3 is 5.97 Å². The molecule has 1 N–H and O–H groups in total. The minimum Gasteiger partial charge on any atom is -0.409 e. The van der Waals surface area contributed by atoms with E-state index in [1.807, 2.05) is 13.0 Å². The van der Waals surface area contributed by atoms with Crippen molar-refractivity contribution in [3.05, 3.63) is 17.8 Å².